The first kappa shape index (κ1) is 11.0. The number of benzene rings is 1. The number of allylic oxidation sites excluding steroid dienone is 1. The first-order chi connectivity index (χ1) is 7.70. The van der Waals surface area contributed by atoms with Gasteiger partial charge in [0.15, 0.2) is 0 Å². The van der Waals surface area contributed by atoms with Crippen molar-refractivity contribution in [3.05, 3.63) is 40.6 Å². The number of hydrogen-bond acceptors (Lipinski definition) is 2. The molecule has 0 saturated heterocycles. The third kappa shape index (κ3) is 2.19. The van der Waals surface area contributed by atoms with Crippen molar-refractivity contribution < 1.29 is 4.79 Å². The molecule has 84 valence electrons. The van der Waals surface area contributed by atoms with Crippen molar-refractivity contribution in [3.63, 3.8) is 0 Å². The number of fused-ring (bicyclic) bond motifs is 1. The number of likely N-dealkylation sites (N-methyl/N-ethyl adjacent to an activating group) is 1. The fraction of sp³-hybridized carbons (Fsp3) is 0.250. The van der Waals surface area contributed by atoms with E-state index in [1.807, 2.05) is 31.2 Å². The average Bonchev–Trinajstić information content (AvgIpc) is 2.28. The monoisotopic (exact) mass is 236 g/mol. The highest BCUT2D eigenvalue weighted by atomic mass is 35.5. The predicted octanol–water partition coefficient (Wildman–Crippen LogP) is 2.33. The predicted molar refractivity (Wildman–Crippen MR) is 65.5 cm³/mol. The molecular weight excluding hydrogens is 224 g/mol. The Bertz CT molecular complexity index is 454. The molecule has 1 aromatic carbocycles. The van der Waals surface area contributed by atoms with E-state index in [1.54, 1.807) is 0 Å². The largest absolute Gasteiger partial charge is 0.351 e. The Morgan fingerprint density at radius 2 is 2.38 bits per heavy atom. The second-order valence-corrected chi connectivity index (χ2v) is 4.04. The lowest BCUT2D eigenvalue weighted by Crippen LogP contribution is -2.29. The molecule has 0 saturated carbocycles. The lowest BCUT2D eigenvalue weighted by molar-refractivity contribution is -0.117. The van der Waals surface area contributed by atoms with Crippen molar-refractivity contribution in [2.45, 2.75) is 13.3 Å². The fourth-order valence-corrected chi connectivity index (χ4v) is 1.86. The Hall–Kier alpha value is -1.48. The third-order valence-electron chi connectivity index (χ3n) is 2.44. The van der Waals surface area contributed by atoms with Crippen molar-refractivity contribution in [3.8, 4) is 0 Å². The topological polar surface area (TPSA) is 41.1 Å². The van der Waals surface area contributed by atoms with Crippen LogP contribution in [0.1, 0.15) is 12.5 Å². The van der Waals surface area contributed by atoms with Crippen LogP contribution in [0.25, 0.3) is 0 Å². The van der Waals surface area contributed by atoms with Gasteiger partial charge in [0.05, 0.1) is 0 Å². The van der Waals surface area contributed by atoms with Gasteiger partial charge in [0.2, 0.25) is 0 Å². The van der Waals surface area contributed by atoms with Crippen LogP contribution in [0, 0.1) is 0 Å². The number of carbonyl (C=O) groups is 1. The van der Waals surface area contributed by atoms with E-state index in [-0.39, 0.29) is 5.91 Å². The van der Waals surface area contributed by atoms with Crippen molar-refractivity contribution in [2.24, 2.45) is 0 Å². The number of anilines is 1. The standard InChI is InChI=1S/C12H13ClN2O/c1-2-14-12(16)11-5-3-8-7-9(13)4-6-10(8)15-11/h4-7,15H,2-3H2,1H3,(H,14,16). The van der Waals surface area contributed by atoms with E-state index in [1.165, 1.54) is 0 Å². The first-order valence-corrected chi connectivity index (χ1v) is 5.62. The molecule has 0 radical (unpaired) electrons. The summed E-state index contributed by atoms with van der Waals surface area (Å²) in [6.45, 7) is 2.53. The van der Waals surface area contributed by atoms with Crippen LogP contribution >= 0.6 is 11.6 Å². The number of hydrogen-bond donors (Lipinski definition) is 2. The highest BCUT2D eigenvalue weighted by Gasteiger charge is 2.15. The molecule has 0 atom stereocenters. The molecule has 0 fully saturated rings. The molecule has 2 N–H and O–H groups in total. The van der Waals surface area contributed by atoms with Gasteiger partial charge < -0.3 is 10.6 Å². The molecular formula is C12H13ClN2O. The zero-order valence-electron chi connectivity index (χ0n) is 9.01. The minimum Gasteiger partial charge on any atom is -0.351 e. The molecule has 0 aromatic heterocycles. The van der Waals surface area contributed by atoms with Crippen LogP contribution in [0.15, 0.2) is 30.0 Å². The van der Waals surface area contributed by atoms with E-state index < -0.39 is 0 Å². The number of halogens is 1. The second kappa shape index (κ2) is 4.58. The summed E-state index contributed by atoms with van der Waals surface area (Å²) in [4.78, 5) is 11.6. The summed E-state index contributed by atoms with van der Waals surface area (Å²) in [5.41, 5.74) is 2.67. The molecule has 1 aromatic rings. The second-order valence-electron chi connectivity index (χ2n) is 3.61. The summed E-state index contributed by atoms with van der Waals surface area (Å²) in [5, 5.41) is 6.58. The van der Waals surface area contributed by atoms with Gasteiger partial charge in [0.25, 0.3) is 5.91 Å². The lowest BCUT2D eigenvalue weighted by atomic mass is 10.0. The van der Waals surface area contributed by atoms with Crippen LogP contribution in [0.5, 0.6) is 0 Å². The number of rotatable bonds is 2. The van der Waals surface area contributed by atoms with Crippen LogP contribution in [-0.4, -0.2) is 12.5 Å². The van der Waals surface area contributed by atoms with Gasteiger partial charge in [0, 0.05) is 17.3 Å². The number of amides is 1. The maximum Gasteiger partial charge on any atom is 0.267 e. The van der Waals surface area contributed by atoms with E-state index >= 15 is 0 Å². The quantitative estimate of drug-likeness (QED) is 0.828. The van der Waals surface area contributed by atoms with Crippen LogP contribution < -0.4 is 10.6 Å². The maximum absolute atomic E-state index is 11.6. The molecule has 3 nitrogen and oxygen atoms in total. The molecule has 0 bridgehead atoms. The van der Waals surface area contributed by atoms with Crippen LogP contribution in [-0.2, 0) is 11.2 Å². The normalized spacial score (nSPS) is 13.5. The van der Waals surface area contributed by atoms with Gasteiger partial charge in [-0.2, -0.15) is 0 Å². The van der Waals surface area contributed by atoms with E-state index in [0.29, 0.717) is 12.2 Å². The van der Waals surface area contributed by atoms with Gasteiger partial charge in [-0.3, -0.25) is 4.79 Å². The van der Waals surface area contributed by atoms with E-state index in [9.17, 15) is 4.79 Å². The van der Waals surface area contributed by atoms with Crippen LogP contribution in [0.4, 0.5) is 5.69 Å². The molecule has 1 heterocycles. The molecule has 1 aliphatic heterocycles. The summed E-state index contributed by atoms with van der Waals surface area (Å²) in [5.74, 6) is -0.0666. The minimum absolute atomic E-state index is 0.0666. The molecule has 0 unspecified atom stereocenters. The molecule has 16 heavy (non-hydrogen) atoms. The Morgan fingerprint density at radius 1 is 1.56 bits per heavy atom. The maximum atomic E-state index is 11.6. The van der Waals surface area contributed by atoms with Crippen molar-refractivity contribution >= 4 is 23.2 Å². The van der Waals surface area contributed by atoms with E-state index in [2.05, 4.69) is 10.6 Å². The highest BCUT2D eigenvalue weighted by Crippen LogP contribution is 2.26. The van der Waals surface area contributed by atoms with Crippen molar-refractivity contribution in [1.29, 1.82) is 0 Å². The van der Waals surface area contributed by atoms with Gasteiger partial charge in [-0.05, 0) is 37.1 Å². The summed E-state index contributed by atoms with van der Waals surface area (Å²) < 4.78 is 0. The van der Waals surface area contributed by atoms with Gasteiger partial charge in [-0.1, -0.05) is 17.7 Å². The molecule has 1 amide bonds. The zero-order chi connectivity index (χ0) is 11.5. The van der Waals surface area contributed by atoms with Crippen molar-refractivity contribution in [1.82, 2.24) is 5.32 Å². The highest BCUT2D eigenvalue weighted by molar-refractivity contribution is 6.30. The lowest BCUT2D eigenvalue weighted by Gasteiger charge is -2.18. The Morgan fingerprint density at radius 3 is 3.12 bits per heavy atom. The third-order valence-corrected chi connectivity index (χ3v) is 2.68. The number of nitrogens with one attached hydrogen (secondary N) is 2. The molecule has 1 aliphatic rings. The summed E-state index contributed by atoms with van der Waals surface area (Å²) >= 11 is 5.90. The van der Waals surface area contributed by atoms with Crippen molar-refractivity contribution in [2.75, 3.05) is 11.9 Å². The molecule has 0 aliphatic carbocycles. The van der Waals surface area contributed by atoms with Crippen LogP contribution in [0.3, 0.4) is 0 Å². The Balaban J connectivity index is 2.18. The van der Waals surface area contributed by atoms with Gasteiger partial charge in [-0.15, -0.1) is 0 Å². The SMILES string of the molecule is CCNC(=O)C1=CCc2cc(Cl)ccc2N1. The van der Waals surface area contributed by atoms with E-state index in [0.717, 1.165) is 22.7 Å². The van der Waals surface area contributed by atoms with Crippen LogP contribution in [0.2, 0.25) is 5.02 Å². The Labute approximate surface area is 99.5 Å². The van der Waals surface area contributed by atoms with Gasteiger partial charge in [0.1, 0.15) is 5.70 Å². The first-order valence-electron chi connectivity index (χ1n) is 5.24. The zero-order valence-corrected chi connectivity index (χ0v) is 9.77. The fourth-order valence-electron chi connectivity index (χ4n) is 1.67. The van der Waals surface area contributed by atoms with Gasteiger partial charge >= 0.3 is 0 Å². The smallest absolute Gasteiger partial charge is 0.267 e. The average molecular weight is 237 g/mol. The summed E-state index contributed by atoms with van der Waals surface area (Å²) in [6, 6.07) is 5.62. The number of carbonyl (C=O) groups excluding carboxylic acids is 1. The summed E-state index contributed by atoms with van der Waals surface area (Å²) in [7, 11) is 0. The molecule has 0 spiro atoms. The minimum atomic E-state index is -0.0666. The molecule has 4 heteroatoms. The van der Waals surface area contributed by atoms with E-state index in [4.69, 9.17) is 11.6 Å². The van der Waals surface area contributed by atoms with Gasteiger partial charge in [-0.25, -0.2) is 0 Å². The molecule has 2 rings (SSSR count). The Kier molecular flexibility index (Phi) is 3.15. The summed E-state index contributed by atoms with van der Waals surface area (Å²) in [6.07, 6.45) is 2.61.